The summed E-state index contributed by atoms with van der Waals surface area (Å²) in [5.41, 5.74) is 1.90. The fourth-order valence-electron chi connectivity index (χ4n) is 3.32. The molecular weight excluding hydrogens is 238 g/mol. The zero-order valence-electron chi connectivity index (χ0n) is 11.5. The number of carbonyl (C=O) groups excluding carboxylic acids is 1. The van der Waals surface area contributed by atoms with Crippen LogP contribution < -0.4 is 0 Å². The van der Waals surface area contributed by atoms with Crippen LogP contribution in [0.3, 0.4) is 0 Å². The molecule has 1 heterocycles. The molecule has 3 rings (SSSR count). The summed E-state index contributed by atoms with van der Waals surface area (Å²) in [6.45, 7) is 3.42. The van der Waals surface area contributed by atoms with Gasteiger partial charge >= 0.3 is 0 Å². The molecule has 0 unspecified atom stereocenters. The van der Waals surface area contributed by atoms with Gasteiger partial charge in [0.1, 0.15) is 0 Å². The lowest BCUT2D eigenvalue weighted by atomic mass is 9.89. The van der Waals surface area contributed by atoms with Crippen molar-refractivity contribution in [2.75, 3.05) is 13.2 Å². The Bertz CT molecular complexity index is 470. The summed E-state index contributed by atoms with van der Waals surface area (Å²) < 4.78 is 5.83. The molecule has 1 saturated carbocycles. The summed E-state index contributed by atoms with van der Waals surface area (Å²) in [5, 5.41) is 0. The van der Waals surface area contributed by atoms with Gasteiger partial charge in [0.2, 0.25) is 0 Å². The maximum Gasteiger partial charge on any atom is 0.254 e. The number of ether oxygens (including phenoxy) is 1. The van der Waals surface area contributed by atoms with Gasteiger partial charge in [-0.05, 0) is 31.4 Å². The highest BCUT2D eigenvalue weighted by Gasteiger charge is 2.37. The predicted octanol–water partition coefficient (Wildman–Crippen LogP) is 2.78. The highest BCUT2D eigenvalue weighted by atomic mass is 16.5. The van der Waals surface area contributed by atoms with Crippen LogP contribution in [0.2, 0.25) is 0 Å². The van der Waals surface area contributed by atoms with E-state index in [1.807, 2.05) is 31.2 Å². The van der Waals surface area contributed by atoms with Gasteiger partial charge in [-0.25, -0.2) is 0 Å². The summed E-state index contributed by atoms with van der Waals surface area (Å²) in [6.07, 6.45) is 4.88. The van der Waals surface area contributed by atoms with Crippen molar-refractivity contribution in [1.29, 1.82) is 0 Å². The number of rotatable bonds is 1. The Morgan fingerprint density at radius 3 is 2.89 bits per heavy atom. The molecule has 0 aromatic heterocycles. The number of hydrogen-bond acceptors (Lipinski definition) is 2. The summed E-state index contributed by atoms with van der Waals surface area (Å²) in [6, 6.07) is 8.15. The highest BCUT2D eigenvalue weighted by Crippen LogP contribution is 2.29. The minimum atomic E-state index is 0.179. The van der Waals surface area contributed by atoms with Crippen LogP contribution in [0.1, 0.15) is 41.6 Å². The van der Waals surface area contributed by atoms with Gasteiger partial charge in [0.05, 0.1) is 18.8 Å². The van der Waals surface area contributed by atoms with Gasteiger partial charge in [0.15, 0.2) is 0 Å². The fourth-order valence-corrected chi connectivity index (χ4v) is 3.32. The first-order valence-corrected chi connectivity index (χ1v) is 7.25. The van der Waals surface area contributed by atoms with Crippen LogP contribution in [-0.4, -0.2) is 36.1 Å². The Hall–Kier alpha value is -1.35. The monoisotopic (exact) mass is 259 g/mol. The van der Waals surface area contributed by atoms with Gasteiger partial charge in [-0.3, -0.25) is 4.79 Å². The van der Waals surface area contributed by atoms with Crippen LogP contribution in [0.5, 0.6) is 0 Å². The number of fused-ring (bicyclic) bond motifs is 1. The molecule has 3 nitrogen and oxygen atoms in total. The molecule has 1 amide bonds. The SMILES string of the molecule is Cc1ccccc1C(=O)N1CCO[C@@H]2CCCC[C@H]21. The van der Waals surface area contributed by atoms with Crippen LogP contribution >= 0.6 is 0 Å². The smallest absolute Gasteiger partial charge is 0.254 e. The molecule has 1 aromatic carbocycles. The molecule has 0 N–H and O–H groups in total. The second kappa shape index (κ2) is 5.33. The predicted molar refractivity (Wildman–Crippen MR) is 74.2 cm³/mol. The number of amides is 1. The molecule has 0 spiro atoms. The van der Waals surface area contributed by atoms with Crippen LogP contribution in [0, 0.1) is 6.92 Å². The Labute approximate surface area is 114 Å². The van der Waals surface area contributed by atoms with Crippen LogP contribution in [0.15, 0.2) is 24.3 Å². The van der Waals surface area contributed by atoms with Crippen molar-refractivity contribution in [3.8, 4) is 0 Å². The van der Waals surface area contributed by atoms with E-state index in [2.05, 4.69) is 4.90 Å². The van der Waals surface area contributed by atoms with E-state index in [-0.39, 0.29) is 18.1 Å². The molecule has 2 atom stereocenters. The lowest BCUT2D eigenvalue weighted by molar-refractivity contribution is -0.0753. The van der Waals surface area contributed by atoms with Crippen molar-refractivity contribution in [1.82, 2.24) is 4.90 Å². The van der Waals surface area contributed by atoms with E-state index < -0.39 is 0 Å². The topological polar surface area (TPSA) is 29.5 Å². The quantitative estimate of drug-likeness (QED) is 0.776. The molecule has 1 saturated heterocycles. The third-order valence-electron chi connectivity index (χ3n) is 4.37. The van der Waals surface area contributed by atoms with E-state index in [1.165, 1.54) is 12.8 Å². The fraction of sp³-hybridized carbons (Fsp3) is 0.562. The molecule has 3 heteroatoms. The summed E-state index contributed by atoms with van der Waals surface area (Å²) >= 11 is 0. The Morgan fingerprint density at radius 1 is 1.26 bits per heavy atom. The molecule has 0 bridgehead atoms. The normalized spacial score (nSPS) is 26.9. The number of carbonyl (C=O) groups is 1. The van der Waals surface area contributed by atoms with Gasteiger partial charge in [0, 0.05) is 12.1 Å². The maximum absolute atomic E-state index is 12.7. The molecular formula is C16H21NO2. The van der Waals surface area contributed by atoms with Crippen molar-refractivity contribution >= 4 is 5.91 Å². The van der Waals surface area contributed by atoms with Gasteiger partial charge in [-0.15, -0.1) is 0 Å². The summed E-state index contributed by atoms with van der Waals surface area (Å²) in [4.78, 5) is 14.8. The third kappa shape index (κ3) is 2.39. The molecule has 2 aliphatic rings. The molecule has 2 fully saturated rings. The zero-order chi connectivity index (χ0) is 13.2. The van der Waals surface area contributed by atoms with E-state index in [9.17, 15) is 4.79 Å². The third-order valence-corrected chi connectivity index (χ3v) is 4.37. The number of nitrogens with zero attached hydrogens (tertiary/aromatic N) is 1. The standard InChI is InChI=1S/C16H21NO2/c1-12-6-2-3-7-13(12)16(18)17-10-11-19-15-9-5-4-8-14(15)17/h2-3,6-7,14-15H,4-5,8-11H2,1H3/t14-,15-/m1/s1. The van der Waals surface area contributed by atoms with Crippen LogP contribution in [0.25, 0.3) is 0 Å². The summed E-state index contributed by atoms with van der Waals surface area (Å²) in [5.74, 6) is 0.179. The molecule has 102 valence electrons. The van der Waals surface area contributed by atoms with E-state index >= 15 is 0 Å². The van der Waals surface area contributed by atoms with Crippen molar-refractivity contribution in [2.45, 2.75) is 44.8 Å². The van der Waals surface area contributed by atoms with Gasteiger partial charge in [-0.2, -0.15) is 0 Å². The maximum atomic E-state index is 12.7. The Kier molecular flexibility index (Phi) is 3.56. The first-order chi connectivity index (χ1) is 9.27. The zero-order valence-corrected chi connectivity index (χ0v) is 11.5. The Balaban J connectivity index is 1.84. The van der Waals surface area contributed by atoms with Crippen molar-refractivity contribution in [3.63, 3.8) is 0 Å². The lowest BCUT2D eigenvalue weighted by Crippen LogP contribution is -2.54. The molecule has 0 radical (unpaired) electrons. The van der Waals surface area contributed by atoms with E-state index in [0.717, 1.165) is 30.5 Å². The molecule has 1 aliphatic heterocycles. The average molecular weight is 259 g/mol. The van der Waals surface area contributed by atoms with Crippen molar-refractivity contribution < 1.29 is 9.53 Å². The second-order valence-corrected chi connectivity index (χ2v) is 5.57. The summed E-state index contributed by atoms with van der Waals surface area (Å²) in [7, 11) is 0. The van der Waals surface area contributed by atoms with Crippen LogP contribution in [0.4, 0.5) is 0 Å². The van der Waals surface area contributed by atoms with Gasteiger partial charge in [-0.1, -0.05) is 31.0 Å². The lowest BCUT2D eigenvalue weighted by Gasteiger charge is -2.44. The average Bonchev–Trinajstić information content (AvgIpc) is 2.46. The van der Waals surface area contributed by atoms with Gasteiger partial charge in [0.25, 0.3) is 5.91 Å². The first-order valence-electron chi connectivity index (χ1n) is 7.25. The number of hydrogen-bond donors (Lipinski definition) is 0. The largest absolute Gasteiger partial charge is 0.374 e. The van der Waals surface area contributed by atoms with Crippen LogP contribution in [-0.2, 0) is 4.74 Å². The van der Waals surface area contributed by atoms with E-state index in [4.69, 9.17) is 4.74 Å². The molecule has 19 heavy (non-hydrogen) atoms. The van der Waals surface area contributed by atoms with Gasteiger partial charge < -0.3 is 9.64 Å². The second-order valence-electron chi connectivity index (χ2n) is 5.57. The van der Waals surface area contributed by atoms with Crippen molar-refractivity contribution in [2.24, 2.45) is 0 Å². The minimum Gasteiger partial charge on any atom is -0.374 e. The Morgan fingerprint density at radius 2 is 2.05 bits per heavy atom. The van der Waals surface area contributed by atoms with E-state index in [1.54, 1.807) is 0 Å². The molecule has 1 aliphatic carbocycles. The first kappa shape index (κ1) is 12.7. The number of benzene rings is 1. The minimum absolute atomic E-state index is 0.179. The highest BCUT2D eigenvalue weighted by molar-refractivity contribution is 5.95. The van der Waals surface area contributed by atoms with E-state index in [0.29, 0.717) is 6.61 Å². The number of morpholine rings is 1. The van der Waals surface area contributed by atoms with Crippen molar-refractivity contribution in [3.05, 3.63) is 35.4 Å². The molecule has 1 aromatic rings. The number of aryl methyl sites for hydroxylation is 1.